The molecule has 1 heterocycles. The summed E-state index contributed by atoms with van der Waals surface area (Å²) in [6, 6.07) is 12.8. The van der Waals surface area contributed by atoms with Gasteiger partial charge in [-0.15, -0.1) is 0 Å². The van der Waals surface area contributed by atoms with E-state index in [0.717, 1.165) is 9.87 Å². The Morgan fingerprint density at radius 2 is 1.71 bits per heavy atom. The van der Waals surface area contributed by atoms with Crippen LogP contribution in [-0.2, 0) is 16.6 Å². The van der Waals surface area contributed by atoms with Crippen LogP contribution in [0.3, 0.4) is 0 Å². The number of carbonyl (C=O) groups excluding carboxylic acids is 2. The molecule has 162 valence electrons. The molecule has 2 amide bonds. The second-order valence-corrected chi connectivity index (χ2v) is 9.30. The minimum Gasteiger partial charge on any atom is -0.267 e. The fourth-order valence-corrected chi connectivity index (χ4v) is 3.78. The lowest BCUT2D eigenvalue weighted by Crippen LogP contribution is -2.41. The molecule has 3 rings (SSSR count). The van der Waals surface area contributed by atoms with Crippen molar-refractivity contribution in [3.63, 3.8) is 0 Å². The Morgan fingerprint density at radius 3 is 2.39 bits per heavy atom. The number of amides is 2. The highest BCUT2D eigenvalue weighted by Crippen LogP contribution is 2.16. The van der Waals surface area contributed by atoms with Gasteiger partial charge >= 0.3 is 0 Å². The van der Waals surface area contributed by atoms with Gasteiger partial charge in [-0.05, 0) is 29.8 Å². The first-order valence-electron chi connectivity index (χ1n) is 9.07. The minimum absolute atomic E-state index is 0.0303. The number of benzene rings is 2. The zero-order chi connectivity index (χ0) is 22.6. The number of nitrogens with zero attached hydrogens (tertiary/aromatic N) is 3. The second kappa shape index (κ2) is 9.29. The van der Waals surface area contributed by atoms with E-state index in [0.29, 0.717) is 11.6 Å². The highest BCUT2D eigenvalue weighted by Gasteiger charge is 2.19. The van der Waals surface area contributed by atoms with Crippen LogP contribution in [0.5, 0.6) is 0 Å². The van der Waals surface area contributed by atoms with Crippen LogP contribution in [0.1, 0.15) is 26.3 Å². The molecule has 0 saturated heterocycles. The van der Waals surface area contributed by atoms with Gasteiger partial charge in [0.15, 0.2) is 0 Å². The first kappa shape index (κ1) is 22.5. The predicted octanol–water partition coefficient (Wildman–Crippen LogP) is 1.91. The molecular formula is C20H20ClN5O4S. The van der Waals surface area contributed by atoms with Crippen LogP contribution < -0.4 is 10.9 Å². The minimum atomic E-state index is -3.69. The second-order valence-electron chi connectivity index (χ2n) is 6.74. The molecule has 0 spiro atoms. The van der Waals surface area contributed by atoms with Crippen LogP contribution in [0.2, 0.25) is 5.02 Å². The van der Waals surface area contributed by atoms with E-state index in [-0.39, 0.29) is 16.0 Å². The number of hydrazine groups is 1. The molecule has 31 heavy (non-hydrogen) atoms. The van der Waals surface area contributed by atoms with Crippen LogP contribution in [-0.4, -0.2) is 48.4 Å². The maximum absolute atomic E-state index is 12.3. The Bertz CT molecular complexity index is 1220. The molecular weight excluding hydrogens is 442 g/mol. The summed E-state index contributed by atoms with van der Waals surface area (Å²) in [5.74, 6) is -1.23. The summed E-state index contributed by atoms with van der Waals surface area (Å²) in [6.45, 7) is 0.381. The van der Waals surface area contributed by atoms with Gasteiger partial charge in [-0.1, -0.05) is 35.9 Å². The average molecular weight is 462 g/mol. The third kappa shape index (κ3) is 5.29. The quantitative estimate of drug-likeness (QED) is 0.544. The fraction of sp³-hybridized carbons (Fsp3) is 0.150. The monoisotopic (exact) mass is 461 g/mol. The number of halogens is 1. The lowest BCUT2D eigenvalue weighted by molar-refractivity contribution is 0.0846. The van der Waals surface area contributed by atoms with Crippen LogP contribution in [0.15, 0.2) is 65.8 Å². The van der Waals surface area contributed by atoms with Crippen molar-refractivity contribution in [3.8, 4) is 0 Å². The summed E-state index contributed by atoms with van der Waals surface area (Å²) in [5.41, 5.74) is 5.72. The average Bonchev–Trinajstić information content (AvgIpc) is 3.22. The van der Waals surface area contributed by atoms with E-state index in [1.54, 1.807) is 10.7 Å². The SMILES string of the molecule is CN(C)S(=O)(=O)c1cccc(C(=O)NNC(=O)c2cnn(Cc3ccccc3Cl)c2)c1. The van der Waals surface area contributed by atoms with Gasteiger partial charge in [-0.2, -0.15) is 5.10 Å². The van der Waals surface area contributed by atoms with Crippen molar-refractivity contribution in [2.45, 2.75) is 11.4 Å². The van der Waals surface area contributed by atoms with Gasteiger partial charge in [0, 0.05) is 30.9 Å². The van der Waals surface area contributed by atoms with E-state index < -0.39 is 21.8 Å². The number of aromatic nitrogens is 2. The van der Waals surface area contributed by atoms with E-state index in [2.05, 4.69) is 16.0 Å². The van der Waals surface area contributed by atoms with Crippen molar-refractivity contribution in [1.82, 2.24) is 24.9 Å². The van der Waals surface area contributed by atoms with Crippen molar-refractivity contribution < 1.29 is 18.0 Å². The molecule has 0 bridgehead atoms. The standard InChI is InChI=1S/C20H20ClN5O4S/c1-25(2)31(29,30)17-8-5-7-14(10-17)19(27)23-24-20(28)16-11-22-26(13-16)12-15-6-3-4-9-18(15)21/h3-11,13H,12H2,1-2H3,(H,23,27)(H,24,28). The zero-order valence-electron chi connectivity index (χ0n) is 16.7. The maximum atomic E-state index is 12.3. The summed E-state index contributed by atoms with van der Waals surface area (Å²) in [7, 11) is -0.894. The predicted molar refractivity (Wildman–Crippen MR) is 115 cm³/mol. The topological polar surface area (TPSA) is 113 Å². The number of hydrogen-bond donors (Lipinski definition) is 2. The molecule has 3 aromatic rings. The Hall–Kier alpha value is -3.21. The van der Waals surface area contributed by atoms with Crippen molar-refractivity contribution in [2.75, 3.05) is 14.1 Å². The highest BCUT2D eigenvalue weighted by molar-refractivity contribution is 7.89. The fourth-order valence-electron chi connectivity index (χ4n) is 2.63. The molecule has 11 heteroatoms. The Morgan fingerprint density at radius 1 is 1.03 bits per heavy atom. The van der Waals surface area contributed by atoms with E-state index in [1.807, 2.05) is 18.2 Å². The molecule has 0 atom stereocenters. The molecule has 0 fully saturated rings. The zero-order valence-corrected chi connectivity index (χ0v) is 18.3. The van der Waals surface area contributed by atoms with E-state index >= 15 is 0 Å². The number of hydrogen-bond acceptors (Lipinski definition) is 5. The van der Waals surface area contributed by atoms with Crippen molar-refractivity contribution >= 4 is 33.4 Å². The van der Waals surface area contributed by atoms with Gasteiger partial charge in [0.2, 0.25) is 10.0 Å². The Kier molecular flexibility index (Phi) is 6.74. The maximum Gasteiger partial charge on any atom is 0.272 e. The summed E-state index contributed by atoms with van der Waals surface area (Å²) >= 11 is 6.13. The third-order valence-electron chi connectivity index (χ3n) is 4.35. The van der Waals surface area contributed by atoms with Crippen LogP contribution in [0.4, 0.5) is 0 Å². The van der Waals surface area contributed by atoms with Crippen LogP contribution in [0.25, 0.3) is 0 Å². The third-order valence-corrected chi connectivity index (χ3v) is 6.53. The molecule has 0 aliphatic rings. The van der Waals surface area contributed by atoms with Gasteiger partial charge in [-0.3, -0.25) is 25.1 Å². The lowest BCUT2D eigenvalue weighted by Gasteiger charge is -2.12. The first-order valence-corrected chi connectivity index (χ1v) is 10.9. The van der Waals surface area contributed by atoms with Crippen molar-refractivity contribution in [1.29, 1.82) is 0 Å². The normalized spacial score (nSPS) is 11.4. The lowest BCUT2D eigenvalue weighted by atomic mass is 10.2. The largest absolute Gasteiger partial charge is 0.272 e. The number of nitrogens with one attached hydrogen (secondary N) is 2. The van der Waals surface area contributed by atoms with Gasteiger partial charge in [-0.25, -0.2) is 12.7 Å². The molecule has 0 saturated carbocycles. The molecule has 2 N–H and O–H groups in total. The Balaban J connectivity index is 1.63. The van der Waals surface area contributed by atoms with E-state index in [9.17, 15) is 18.0 Å². The van der Waals surface area contributed by atoms with Gasteiger partial charge in [0.1, 0.15) is 0 Å². The highest BCUT2D eigenvalue weighted by atomic mass is 35.5. The van der Waals surface area contributed by atoms with Gasteiger partial charge in [0.25, 0.3) is 11.8 Å². The summed E-state index contributed by atoms with van der Waals surface area (Å²) in [6.07, 6.45) is 2.89. The van der Waals surface area contributed by atoms with E-state index in [1.165, 1.54) is 50.8 Å². The van der Waals surface area contributed by atoms with Crippen molar-refractivity contribution in [3.05, 3.63) is 82.6 Å². The van der Waals surface area contributed by atoms with Gasteiger partial charge < -0.3 is 0 Å². The van der Waals surface area contributed by atoms with Crippen LogP contribution >= 0.6 is 11.6 Å². The number of rotatable bonds is 6. The molecule has 0 radical (unpaired) electrons. The van der Waals surface area contributed by atoms with Crippen molar-refractivity contribution in [2.24, 2.45) is 0 Å². The van der Waals surface area contributed by atoms with E-state index in [4.69, 9.17) is 11.6 Å². The molecule has 0 aliphatic heterocycles. The molecule has 9 nitrogen and oxygen atoms in total. The van der Waals surface area contributed by atoms with Crippen LogP contribution in [0, 0.1) is 0 Å². The number of carbonyl (C=O) groups is 2. The smallest absolute Gasteiger partial charge is 0.267 e. The molecule has 0 aliphatic carbocycles. The summed E-state index contributed by atoms with van der Waals surface area (Å²) < 4.78 is 27.0. The van der Waals surface area contributed by atoms with Gasteiger partial charge in [0.05, 0.1) is 23.2 Å². The Labute approximate surface area is 184 Å². The number of sulfonamides is 1. The first-order chi connectivity index (χ1) is 14.7. The summed E-state index contributed by atoms with van der Waals surface area (Å²) in [4.78, 5) is 24.6. The molecule has 1 aromatic heterocycles. The summed E-state index contributed by atoms with van der Waals surface area (Å²) in [5, 5.41) is 4.72. The molecule has 0 unspecified atom stereocenters. The molecule has 2 aromatic carbocycles.